The molecule has 2 aromatic heterocycles. The molecule has 4 nitrogen and oxygen atoms in total. The predicted molar refractivity (Wildman–Crippen MR) is 222 cm³/mol. The Morgan fingerprint density at radius 3 is 1.62 bits per heavy atom. The van der Waals surface area contributed by atoms with E-state index in [2.05, 4.69) is 177 Å². The normalized spacial score (nSPS) is 12.9. The van der Waals surface area contributed by atoms with Crippen LogP contribution in [0.4, 0.5) is 0 Å². The molecule has 53 heavy (non-hydrogen) atoms. The highest BCUT2D eigenvalue weighted by Crippen LogP contribution is 2.36. The zero-order valence-electron chi connectivity index (χ0n) is 29.5. The molecule has 0 N–H and O–H groups in total. The van der Waals surface area contributed by atoms with Gasteiger partial charge in [0.2, 0.25) is 0 Å². The van der Waals surface area contributed by atoms with Crippen LogP contribution < -0.4 is 10.4 Å². The Balaban J connectivity index is 1.11. The minimum Gasteiger partial charge on any atom is -0.228 e. The van der Waals surface area contributed by atoms with E-state index in [1.165, 1.54) is 15.9 Å². The summed E-state index contributed by atoms with van der Waals surface area (Å²) < 4.78 is 0. The summed E-state index contributed by atoms with van der Waals surface area (Å²) in [6, 6.07) is 59.7. The second-order valence-electron chi connectivity index (χ2n) is 14.3. The van der Waals surface area contributed by atoms with Gasteiger partial charge in [-0.15, -0.1) is 0 Å². The summed E-state index contributed by atoms with van der Waals surface area (Å²) >= 11 is 0. The smallest absolute Gasteiger partial charge is 0.160 e. The third kappa shape index (κ3) is 5.20. The summed E-state index contributed by atoms with van der Waals surface area (Å²) in [5.74, 6) is 1.44. The quantitative estimate of drug-likeness (QED) is 0.133. The number of benzene rings is 7. The fourth-order valence-electron chi connectivity index (χ4n) is 8.04. The summed E-state index contributed by atoms with van der Waals surface area (Å²) in [6.07, 6.45) is 0. The minimum absolute atomic E-state index is 0.700. The highest BCUT2D eigenvalue weighted by molar-refractivity contribution is 7.04. The molecule has 0 radical (unpaired) electrons. The Bertz CT molecular complexity index is 2870. The van der Waals surface area contributed by atoms with Gasteiger partial charge < -0.3 is 0 Å². The molecule has 250 valence electrons. The lowest BCUT2D eigenvalue weighted by molar-refractivity contribution is 1.20. The van der Waals surface area contributed by atoms with Gasteiger partial charge in [-0.1, -0.05) is 165 Å². The Morgan fingerprint density at radius 2 is 0.906 bits per heavy atom. The van der Waals surface area contributed by atoms with Gasteiger partial charge in [0.15, 0.2) is 11.6 Å². The van der Waals surface area contributed by atoms with E-state index in [0.29, 0.717) is 5.82 Å². The number of hydrogen-bond acceptors (Lipinski definition) is 4. The van der Waals surface area contributed by atoms with Crippen LogP contribution in [0, 0.1) is 0 Å². The van der Waals surface area contributed by atoms with Crippen molar-refractivity contribution >= 4 is 40.1 Å². The van der Waals surface area contributed by atoms with Crippen LogP contribution in [0.5, 0.6) is 0 Å². The van der Waals surface area contributed by atoms with Crippen LogP contribution in [0.15, 0.2) is 170 Å². The molecule has 0 saturated carbocycles. The molecule has 0 spiro atoms. The number of fused-ring (bicyclic) bond motifs is 6. The molecule has 3 heterocycles. The Labute approximate surface area is 309 Å². The second kappa shape index (κ2) is 12.3. The average Bonchev–Trinajstić information content (AvgIpc) is 3.46. The lowest BCUT2D eigenvalue weighted by Gasteiger charge is -2.21. The molecule has 0 saturated heterocycles. The second-order valence-corrected chi connectivity index (χ2v) is 18.6. The lowest BCUT2D eigenvalue weighted by Crippen LogP contribution is -2.50. The molecular formula is C48H34N4Si. The Morgan fingerprint density at radius 1 is 0.377 bits per heavy atom. The van der Waals surface area contributed by atoms with Crippen molar-refractivity contribution < 1.29 is 0 Å². The van der Waals surface area contributed by atoms with E-state index in [-0.39, 0.29) is 0 Å². The first-order chi connectivity index (χ1) is 26.0. The van der Waals surface area contributed by atoms with Crippen LogP contribution in [-0.2, 0) is 0 Å². The summed E-state index contributed by atoms with van der Waals surface area (Å²) in [6.45, 7) is 4.84. The van der Waals surface area contributed by atoms with Crippen LogP contribution in [0.2, 0.25) is 13.1 Å². The molecule has 1 aliphatic rings. The van der Waals surface area contributed by atoms with E-state index >= 15 is 0 Å². The summed E-state index contributed by atoms with van der Waals surface area (Å²) in [5, 5.41) is 6.06. The zero-order valence-corrected chi connectivity index (χ0v) is 30.5. The molecular weight excluding hydrogens is 661 g/mol. The van der Waals surface area contributed by atoms with Crippen LogP contribution >= 0.6 is 0 Å². The Hall–Kier alpha value is -6.56. The van der Waals surface area contributed by atoms with Crippen LogP contribution in [0.3, 0.4) is 0 Å². The van der Waals surface area contributed by atoms with Gasteiger partial charge >= 0.3 is 0 Å². The van der Waals surface area contributed by atoms with Crippen molar-refractivity contribution in [1.29, 1.82) is 0 Å². The third-order valence-corrected chi connectivity index (χ3v) is 14.2. The van der Waals surface area contributed by atoms with Crippen molar-refractivity contribution in [2.75, 3.05) is 0 Å². The predicted octanol–water partition coefficient (Wildman–Crippen LogP) is 10.7. The van der Waals surface area contributed by atoms with Gasteiger partial charge in [-0.3, -0.25) is 0 Å². The first-order valence-electron chi connectivity index (χ1n) is 18.1. The van der Waals surface area contributed by atoms with Crippen molar-refractivity contribution in [3.8, 4) is 67.7 Å². The summed E-state index contributed by atoms with van der Waals surface area (Å²) in [4.78, 5) is 21.2. The minimum atomic E-state index is -2.03. The summed E-state index contributed by atoms with van der Waals surface area (Å²) in [7, 11) is -2.03. The van der Waals surface area contributed by atoms with Crippen LogP contribution in [0.25, 0.3) is 89.4 Å². The molecule has 0 atom stereocenters. The molecule has 10 rings (SSSR count). The fourth-order valence-corrected chi connectivity index (χ4v) is 11.3. The largest absolute Gasteiger partial charge is 0.228 e. The van der Waals surface area contributed by atoms with Gasteiger partial charge in [0.05, 0.1) is 22.6 Å². The maximum atomic E-state index is 5.36. The van der Waals surface area contributed by atoms with E-state index in [1.54, 1.807) is 0 Å². The van der Waals surface area contributed by atoms with Gasteiger partial charge in [0.25, 0.3) is 0 Å². The maximum Gasteiger partial charge on any atom is 0.160 e. The topological polar surface area (TPSA) is 51.6 Å². The van der Waals surface area contributed by atoms with Gasteiger partial charge in [0.1, 0.15) is 8.07 Å². The molecule has 0 aliphatic carbocycles. The van der Waals surface area contributed by atoms with Crippen molar-refractivity contribution in [2.45, 2.75) is 13.1 Å². The highest BCUT2D eigenvalue weighted by atomic mass is 28.3. The fraction of sp³-hybridized carbons (Fsp3) is 0.0417. The SMILES string of the molecule is C[Si]1(C)c2ccccc2-c2nc(-c3cccc(-c4cccc(-c5nc(-c6ccccc6)c6ccc7ccccc7c6n5)c4)c3)nc(-c3ccccc3)c21. The van der Waals surface area contributed by atoms with Gasteiger partial charge in [-0.25, -0.2) is 19.9 Å². The van der Waals surface area contributed by atoms with E-state index in [9.17, 15) is 0 Å². The molecule has 5 heteroatoms. The van der Waals surface area contributed by atoms with Crippen LogP contribution in [0.1, 0.15) is 0 Å². The van der Waals surface area contributed by atoms with E-state index in [1.807, 2.05) is 6.07 Å². The number of rotatable bonds is 5. The average molecular weight is 695 g/mol. The van der Waals surface area contributed by atoms with Gasteiger partial charge in [0, 0.05) is 33.0 Å². The van der Waals surface area contributed by atoms with Crippen molar-refractivity contribution in [3.05, 3.63) is 170 Å². The van der Waals surface area contributed by atoms with Crippen LogP contribution in [-0.4, -0.2) is 28.0 Å². The third-order valence-electron chi connectivity index (χ3n) is 10.6. The Kier molecular flexibility index (Phi) is 7.23. The first kappa shape index (κ1) is 31.2. The van der Waals surface area contributed by atoms with Crippen molar-refractivity contribution in [2.24, 2.45) is 0 Å². The van der Waals surface area contributed by atoms with E-state index < -0.39 is 8.07 Å². The maximum absolute atomic E-state index is 5.36. The molecule has 0 unspecified atom stereocenters. The van der Waals surface area contributed by atoms with E-state index in [4.69, 9.17) is 19.9 Å². The van der Waals surface area contributed by atoms with E-state index in [0.717, 1.165) is 78.0 Å². The standard InChI is InChI=1S/C48H34N4Si/c1-53(2)41-26-12-11-25-39(41)45-46(53)43(33-18-7-4-8-19-33)50-48(52-45)37-23-14-21-35(30-37)34-20-13-22-36(29-34)47-49-42(32-16-5-3-6-17-32)40-28-27-31-15-9-10-24-38(31)44(40)51-47/h3-30H,1-2H3. The first-order valence-corrected chi connectivity index (χ1v) is 21.1. The molecule has 0 fully saturated rings. The van der Waals surface area contributed by atoms with Crippen molar-refractivity contribution in [3.63, 3.8) is 0 Å². The molecule has 9 aromatic rings. The highest BCUT2D eigenvalue weighted by Gasteiger charge is 2.41. The van der Waals surface area contributed by atoms with Gasteiger partial charge in [-0.2, -0.15) is 0 Å². The molecule has 7 aromatic carbocycles. The molecule has 1 aliphatic heterocycles. The number of aromatic nitrogens is 4. The molecule has 0 bridgehead atoms. The number of hydrogen-bond donors (Lipinski definition) is 0. The number of nitrogens with zero attached hydrogens (tertiary/aromatic N) is 4. The van der Waals surface area contributed by atoms with Crippen molar-refractivity contribution in [1.82, 2.24) is 19.9 Å². The lowest BCUT2D eigenvalue weighted by atomic mass is 9.99. The molecule has 0 amide bonds. The zero-order chi connectivity index (χ0) is 35.5. The van der Waals surface area contributed by atoms with Gasteiger partial charge in [-0.05, 0) is 50.6 Å². The summed E-state index contributed by atoms with van der Waals surface area (Å²) in [5.41, 5.74) is 11.5. The monoisotopic (exact) mass is 694 g/mol.